The van der Waals surface area contributed by atoms with Crippen molar-refractivity contribution in [1.82, 2.24) is 14.5 Å². The van der Waals surface area contributed by atoms with E-state index >= 15 is 0 Å². The van der Waals surface area contributed by atoms with Crippen molar-refractivity contribution in [3.05, 3.63) is 24.7 Å². The highest BCUT2D eigenvalue weighted by Crippen LogP contribution is 2.44. The van der Waals surface area contributed by atoms with Gasteiger partial charge in [-0.05, 0) is 37.7 Å². The SMILES string of the molecule is COc1cc2ncc3ncn([C@H]4CC[C@H](CP(=O)(O)O)CC4)c3c2cc1OC. The van der Waals surface area contributed by atoms with E-state index in [1.165, 1.54) is 0 Å². The van der Waals surface area contributed by atoms with Crippen LogP contribution in [-0.2, 0) is 4.57 Å². The zero-order chi connectivity index (χ0) is 19.9. The first-order valence-electron chi connectivity index (χ1n) is 9.31. The lowest BCUT2D eigenvalue weighted by atomic mass is 9.87. The van der Waals surface area contributed by atoms with Crippen molar-refractivity contribution in [1.29, 1.82) is 0 Å². The summed E-state index contributed by atoms with van der Waals surface area (Å²) in [7, 11) is -0.748. The average Bonchev–Trinajstić information content (AvgIpc) is 3.10. The molecule has 0 aliphatic heterocycles. The second-order valence-corrected chi connectivity index (χ2v) is 9.08. The normalized spacial score (nSPS) is 20.6. The summed E-state index contributed by atoms with van der Waals surface area (Å²) < 4.78 is 24.3. The maximum absolute atomic E-state index is 11.3. The van der Waals surface area contributed by atoms with Gasteiger partial charge in [-0.15, -0.1) is 0 Å². The fourth-order valence-electron chi connectivity index (χ4n) is 4.26. The molecular weight excluding hydrogens is 381 g/mol. The second kappa shape index (κ2) is 7.35. The van der Waals surface area contributed by atoms with E-state index in [4.69, 9.17) is 9.47 Å². The predicted octanol–water partition coefficient (Wildman–Crippen LogP) is 3.51. The molecule has 0 bridgehead atoms. The third kappa shape index (κ3) is 3.60. The van der Waals surface area contributed by atoms with Crippen LogP contribution in [0.5, 0.6) is 11.5 Å². The molecule has 1 aliphatic carbocycles. The number of imidazole rings is 1. The van der Waals surface area contributed by atoms with Crippen LogP contribution in [0.15, 0.2) is 24.7 Å². The van der Waals surface area contributed by atoms with E-state index in [1.54, 1.807) is 20.4 Å². The molecule has 0 amide bonds. The number of methoxy groups -OCH3 is 2. The molecule has 2 aromatic heterocycles. The largest absolute Gasteiger partial charge is 0.493 e. The van der Waals surface area contributed by atoms with Gasteiger partial charge in [0.25, 0.3) is 0 Å². The summed E-state index contributed by atoms with van der Waals surface area (Å²) in [6.45, 7) is 0. The molecule has 150 valence electrons. The van der Waals surface area contributed by atoms with Gasteiger partial charge >= 0.3 is 7.60 Å². The van der Waals surface area contributed by atoms with Crippen LogP contribution < -0.4 is 9.47 Å². The number of hydrogen-bond donors (Lipinski definition) is 2. The first-order chi connectivity index (χ1) is 13.4. The van der Waals surface area contributed by atoms with E-state index in [1.807, 2.05) is 18.5 Å². The molecule has 0 atom stereocenters. The Labute approximate surface area is 162 Å². The average molecular weight is 405 g/mol. The van der Waals surface area contributed by atoms with Crippen molar-refractivity contribution in [3.8, 4) is 11.5 Å². The monoisotopic (exact) mass is 405 g/mol. The summed E-state index contributed by atoms with van der Waals surface area (Å²) >= 11 is 0. The van der Waals surface area contributed by atoms with Crippen LogP contribution in [0.1, 0.15) is 31.7 Å². The molecule has 4 rings (SSSR count). The highest BCUT2D eigenvalue weighted by atomic mass is 31.2. The Balaban J connectivity index is 1.70. The van der Waals surface area contributed by atoms with Crippen molar-refractivity contribution in [3.63, 3.8) is 0 Å². The van der Waals surface area contributed by atoms with Gasteiger partial charge in [0.1, 0.15) is 5.52 Å². The first kappa shape index (κ1) is 19.2. The fourth-order valence-corrected chi connectivity index (χ4v) is 5.30. The molecule has 3 aromatic rings. The van der Waals surface area contributed by atoms with E-state index in [-0.39, 0.29) is 18.1 Å². The molecule has 1 saturated carbocycles. The lowest BCUT2D eigenvalue weighted by Crippen LogP contribution is -2.20. The van der Waals surface area contributed by atoms with E-state index in [9.17, 15) is 14.4 Å². The number of aromatic nitrogens is 3. The Morgan fingerprint density at radius 3 is 2.39 bits per heavy atom. The van der Waals surface area contributed by atoms with Gasteiger partial charge in [0.15, 0.2) is 11.5 Å². The molecule has 0 radical (unpaired) electrons. The summed E-state index contributed by atoms with van der Waals surface area (Å²) in [5.41, 5.74) is 2.63. The topological polar surface area (TPSA) is 107 Å². The Kier molecular flexibility index (Phi) is 5.04. The molecular formula is C19H24N3O5P. The number of ether oxygens (including phenoxy) is 2. The molecule has 1 aliphatic rings. The Bertz CT molecular complexity index is 1050. The maximum atomic E-state index is 11.3. The minimum atomic E-state index is -3.96. The van der Waals surface area contributed by atoms with E-state index in [0.717, 1.165) is 47.6 Å². The Morgan fingerprint density at radius 1 is 1.07 bits per heavy atom. The smallest absolute Gasteiger partial charge is 0.325 e. The lowest BCUT2D eigenvalue weighted by Gasteiger charge is -2.30. The summed E-state index contributed by atoms with van der Waals surface area (Å²) in [6, 6.07) is 4.04. The van der Waals surface area contributed by atoms with E-state index in [0.29, 0.717) is 11.5 Å². The van der Waals surface area contributed by atoms with Crippen molar-refractivity contribution >= 4 is 29.5 Å². The minimum Gasteiger partial charge on any atom is -0.493 e. The number of benzene rings is 1. The summed E-state index contributed by atoms with van der Waals surface area (Å²) in [5.74, 6) is 1.35. The molecule has 9 heteroatoms. The van der Waals surface area contributed by atoms with E-state index < -0.39 is 7.60 Å². The number of nitrogens with zero attached hydrogens (tertiary/aromatic N) is 3. The number of pyridine rings is 1. The van der Waals surface area contributed by atoms with Crippen molar-refractivity contribution in [2.45, 2.75) is 31.7 Å². The highest BCUT2D eigenvalue weighted by molar-refractivity contribution is 7.51. The van der Waals surface area contributed by atoms with E-state index in [2.05, 4.69) is 14.5 Å². The highest BCUT2D eigenvalue weighted by Gasteiger charge is 2.28. The summed E-state index contributed by atoms with van der Waals surface area (Å²) in [6.07, 6.45) is 6.93. The number of fused-ring (bicyclic) bond motifs is 3. The van der Waals surface area contributed by atoms with Crippen LogP contribution in [0.25, 0.3) is 21.9 Å². The van der Waals surface area contributed by atoms with Crippen LogP contribution in [0.3, 0.4) is 0 Å². The van der Waals surface area contributed by atoms with Crippen LogP contribution in [0.2, 0.25) is 0 Å². The van der Waals surface area contributed by atoms with Gasteiger partial charge in [-0.2, -0.15) is 0 Å². The predicted molar refractivity (Wildman–Crippen MR) is 106 cm³/mol. The zero-order valence-electron chi connectivity index (χ0n) is 15.9. The van der Waals surface area contributed by atoms with Gasteiger partial charge in [0.05, 0.1) is 43.9 Å². The summed E-state index contributed by atoms with van der Waals surface area (Å²) in [4.78, 5) is 27.5. The molecule has 2 heterocycles. The lowest BCUT2D eigenvalue weighted by molar-refractivity contribution is 0.280. The number of hydrogen-bond acceptors (Lipinski definition) is 5. The third-order valence-electron chi connectivity index (χ3n) is 5.61. The van der Waals surface area contributed by atoms with Crippen LogP contribution in [0, 0.1) is 5.92 Å². The Hall–Kier alpha value is -2.15. The molecule has 28 heavy (non-hydrogen) atoms. The molecule has 2 N–H and O–H groups in total. The van der Waals surface area contributed by atoms with Gasteiger partial charge in [-0.25, -0.2) is 4.98 Å². The Morgan fingerprint density at radius 2 is 1.75 bits per heavy atom. The van der Waals surface area contributed by atoms with Crippen molar-refractivity contribution < 1.29 is 23.8 Å². The third-order valence-corrected chi connectivity index (χ3v) is 6.60. The van der Waals surface area contributed by atoms with Crippen LogP contribution >= 0.6 is 7.60 Å². The minimum absolute atomic E-state index is 0.0196. The van der Waals surface area contributed by atoms with Crippen LogP contribution in [-0.4, -0.2) is 44.7 Å². The zero-order valence-corrected chi connectivity index (χ0v) is 16.8. The molecule has 0 spiro atoms. The van der Waals surface area contributed by atoms with Gasteiger partial charge in [0.2, 0.25) is 0 Å². The quantitative estimate of drug-likeness (QED) is 0.626. The first-order valence-corrected chi connectivity index (χ1v) is 11.1. The molecule has 8 nitrogen and oxygen atoms in total. The number of rotatable bonds is 5. The van der Waals surface area contributed by atoms with Gasteiger partial charge in [0, 0.05) is 17.5 Å². The fraction of sp³-hybridized carbons (Fsp3) is 0.474. The molecule has 1 aromatic carbocycles. The van der Waals surface area contributed by atoms with Gasteiger partial charge in [-0.3, -0.25) is 9.55 Å². The molecule has 0 saturated heterocycles. The van der Waals surface area contributed by atoms with Gasteiger partial charge in [-0.1, -0.05) is 0 Å². The second-order valence-electron chi connectivity index (χ2n) is 7.39. The van der Waals surface area contributed by atoms with Crippen molar-refractivity contribution in [2.75, 3.05) is 20.4 Å². The summed E-state index contributed by atoms with van der Waals surface area (Å²) in [5, 5.41) is 0.949. The standard InChI is InChI=1S/C19H24N3O5P/c1-26-17-7-14-15(8-18(17)27-2)20-9-16-19(14)22(11-21-16)13-5-3-12(4-6-13)10-28(23,24)25/h7-9,11-13H,3-6,10H2,1-2H3,(H2,23,24,25)/t12-,13-. The molecule has 1 fully saturated rings. The van der Waals surface area contributed by atoms with Crippen molar-refractivity contribution in [2.24, 2.45) is 5.92 Å². The van der Waals surface area contributed by atoms with Gasteiger partial charge < -0.3 is 23.8 Å². The van der Waals surface area contributed by atoms with Crippen LogP contribution in [0.4, 0.5) is 0 Å². The molecule has 0 unspecified atom stereocenters. The maximum Gasteiger partial charge on any atom is 0.325 e.